The minimum absolute atomic E-state index is 0.281. The van der Waals surface area contributed by atoms with Gasteiger partial charge in [0.1, 0.15) is 17.7 Å². The Kier molecular flexibility index (Phi) is 4.61. The average Bonchev–Trinajstić information content (AvgIpc) is 2.59. The van der Waals surface area contributed by atoms with Crippen molar-refractivity contribution in [1.82, 2.24) is 14.9 Å². The number of rotatable bonds is 2. The van der Waals surface area contributed by atoms with Crippen LogP contribution in [0.4, 0.5) is 4.79 Å². The number of carbonyl (C=O) groups excluding carboxylic acids is 1. The van der Waals surface area contributed by atoms with Crippen LogP contribution in [-0.2, 0) is 4.74 Å². The van der Waals surface area contributed by atoms with Crippen molar-refractivity contribution in [3.8, 4) is 5.75 Å². The maximum atomic E-state index is 12.2. The first-order chi connectivity index (χ1) is 11.9. The Bertz CT molecular complexity index is 824. The summed E-state index contributed by atoms with van der Waals surface area (Å²) in [5.41, 5.74) is 2.40. The van der Waals surface area contributed by atoms with Gasteiger partial charge >= 0.3 is 6.09 Å². The molecule has 0 spiro atoms. The van der Waals surface area contributed by atoms with Gasteiger partial charge in [-0.3, -0.25) is 0 Å². The molecule has 2 aromatic rings. The molecule has 132 valence electrons. The second-order valence-electron chi connectivity index (χ2n) is 7.01. The minimum atomic E-state index is -0.486. The van der Waals surface area contributed by atoms with Gasteiger partial charge in [-0.25, -0.2) is 14.8 Å². The molecule has 2 heterocycles. The molecule has 0 saturated heterocycles. The number of aromatic nitrogens is 2. The summed E-state index contributed by atoms with van der Waals surface area (Å²) < 4.78 is 10.7. The Morgan fingerprint density at radius 1 is 1.24 bits per heavy atom. The smallest absolute Gasteiger partial charge is 0.410 e. The Balaban J connectivity index is 1.84. The number of fused-ring (bicyclic) bond motifs is 1. The van der Waals surface area contributed by atoms with Crippen molar-refractivity contribution in [2.24, 2.45) is 0 Å². The van der Waals surface area contributed by atoms with Gasteiger partial charge in [-0.1, -0.05) is 6.08 Å². The summed E-state index contributed by atoms with van der Waals surface area (Å²) in [5.74, 6) is 0.773. The van der Waals surface area contributed by atoms with Crippen molar-refractivity contribution in [1.29, 1.82) is 0 Å². The van der Waals surface area contributed by atoms with Gasteiger partial charge in [0.15, 0.2) is 0 Å². The minimum Gasteiger partial charge on any atom is -0.497 e. The van der Waals surface area contributed by atoms with Gasteiger partial charge in [0, 0.05) is 18.5 Å². The summed E-state index contributed by atoms with van der Waals surface area (Å²) in [5, 5.41) is 0.957. The zero-order valence-electron chi connectivity index (χ0n) is 15.1. The van der Waals surface area contributed by atoms with Gasteiger partial charge < -0.3 is 14.4 Å². The highest BCUT2D eigenvalue weighted by Crippen LogP contribution is 2.29. The van der Waals surface area contributed by atoms with Crippen molar-refractivity contribution in [2.75, 3.05) is 20.2 Å². The lowest BCUT2D eigenvalue weighted by Gasteiger charge is -2.29. The molecular formula is C19H23N3O3. The molecule has 0 aliphatic carbocycles. The predicted octanol–water partition coefficient (Wildman–Crippen LogP) is 3.66. The normalized spacial score (nSPS) is 15.0. The quantitative estimate of drug-likeness (QED) is 0.834. The third-order valence-corrected chi connectivity index (χ3v) is 4.01. The molecule has 6 nitrogen and oxygen atoms in total. The number of amides is 1. The molecule has 0 bridgehead atoms. The lowest BCUT2D eigenvalue weighted by Crippen LogP contribution is -2.39. The van der Waals surface area contributed by atoms with E-state index in [0.29, 0.717) is 13.1 Å². The third-order valence-electron chi connectivity index (χ3n) is 4.01. The Morgan fingerprint density at radius 2 is 2.04 bits per heavy atom. The van der Waals surface area contributed by atoms with E-state index in [1.807, 2.05) is 45.0 Å². The zero-order valence-corrected chi connectivity index (χ0v) is 15.1. The molecule has 0 unspecified atom stereocenters. The zero-order chi connectivity index (χ0) is 18.0. The maximum Gasteiger partial charge on any atom is 0.410 e. The van der Waals surface area contributed by atoms with Crippen molar-refractivity contribution in [3.63, 3.8) is 0 Å². The Labute approximate surface area is 147 Å². The monoisotopic (exact) mass is 341 g/mol. The number of ether oxygens (including phenoxy) is 2. The fraction of sp³-hybridized carbons (Fsp3) is 0.421. The van der Waals surface area contributed by atoms with E-state index in [-0.39, 0.29) is 6.09 Å². The van der Waals surface area contributed by atoms with Gasteiger partial charge in [0.05, 0.1) is 18.3 Å². The lowest BCUT2D eigenvalue weighted by atomic mass is 10.0. The fourth-order valence-electron chi connectivity index (χ4n) is 2.80. The number of carbonyl (C=O) groups is 1. The number of hydrogen-bond donors (Lipinski definition) is 0. The van der Waals surface area contributed by atoms with Crippen molar-refractivity contribution in [3.05, 3.63) is 36.3 Å². The second-order valence-corrected chi connectivity index (χ2v) is 7.01. The first kappa shape index (κ1) is 17.2. The highest BCUT2D eigenvalue weighted by atomic mass is 16.6. The highest BCUT2D eigenvalue weighted by molar-refractivity contribution is 5.91. The number of nitrogens with zero attached hydrogens (tertiary/aromatic N) is 3. The van der Waals surface area contributed by atoms with E-state index < -0.39 is 5.60 Å². The molecule has 0 saturated carbocycles. The van der Waals surface area contributed by atoms with E-state index in [0.717, 1.165) is 34.3 Å². The molecule has 6 heteroatoms. The average molecular weight is 341 g/mol. The van der Waals surface area contributed by atoms with Crippen LogP contribution in [0.3, 0.4) is 0 Å². The van der Waals surface area contributed by atoms with Crippen molar-refractivity contribution < 1.29 is 14.3 Å². The van der Waals surface area contributed by atoms with Gasteiger partial charge in [-0.05, 0) is 51.0 Å². The SMILES string of the molecule is COc1ccc2ncnc(C3=CCN(C(=O)OC(C)(C)C)CC3)c2c1. The van der Waals surface area contributed by atoms with Crippen LogP contribution < -0.4 is 4.74 Å². The third kappa shape index (κ3) is 3.90. The summed E-state index contributed by atoms with van der Waals surface area (Å²) in [6.45, 7) is 6.74. The molecule has 1 aliphatic rings. The van der Waals surface area contributed by atoms with E-state index in [2.05, 4.69) is 9.97 Å². The first-order valence-electron chi connectivity index (χ1n) is 8.33. The Morgan fingerprint density at radius 3 is 2.68 bits per heavy atom. The number of methoxy groups -OCH3 is 1. The summed E-state index contributed by atoms with van der Waals surface area (Å²) in [6.07, 6.45) is 4.06. The molecule has 1 amide bonds. The van der Waals surface area contributed by atoms with E-state index in [4.69, 9.17) is 9.47 Å². The Hall–Kier alpha value is -2.63. The summed E-state index contributed by atoms with van der Waals surface area (Å²) >= 11 is 0. The van der Waals surface area contributed by atoms with Crippen molar-refractivity contribution >= 4 is 22.6 Å². The molecule has 3 rings (SSSR count). The molecule has 1 aliphatic heterocycles. The highest BCUT2D eigenvalue weighted by Gasteiger charge is 2.24. The summed E-state index contributed by atoms with van der Waals surface area (Å²) in [4.78, 5) is 22.7. The topological polar surface area (TPSA) is 64.6 Å². The van der Waals surface area contributed by atoms with E-state index >= 15 is 0 Å². The standard InChI is InChI=1S/C19H23N3O3/c1-19(2,3)25-18(23)22-9-7-13(8-10-22)17-15-11-14(24-4)5-6-16(15)20-12-21-17/h5-7,11-12H,8-10H2,1-4H3. The molecule has 0 atom stereocenters. The van der Waals surface area contributed by atoms with Crippen molar-refractivity contribution in [2.45, 2.75) is 32.8 Å². The van der Waals surface area contributed by atoms with Gasteiger partial charge in [0.2, 0.25) is 0 Å². The van der Waals surface area contributed by atoms with E-state index in [1.54, 1.807) is 18.3 Å². The maximum absolute atomic E-state index is 12.2. The molecule has 1 aromatic heterocycles. The fourth-order valence-corrected chi connectivity index (χ4v) is 2.80. The van der Waals surface area contributed by atoms with Crippen LogP contribution in [0, 0.1) is 0 Å². The van der Waals surface area contributed by atoms with Gasteiger partial charge in [0.25, 0.3) is 0 Å². The molecule has 0 N–H and O–H groups in total. The van der Waals surface area contributed by atoms with Crippen LogP contribution in [0.5, 0.6) is 5.75 Å². The van der Waals surface area contributed by atoms with Crippen LogP contribution >= 0.6 is 0 Å². The lowest BCUT2D eigenvalue weighted by molar-refractivity contribution is 0.0270. The van der Waals surface area contributed by atoms with Crippen LogP contribution in [0.15, 0.2) is 30.6 Å². The van der Waals surface area contributed by atoms with E-state index in [1.165, 1.54) is 0 Å². The predicted molar refractivity (Wildman–Crippen MR) is 96.5 cm³/mol. The molecular weight excluding hydrogens is 318 g/mol. The van der Waals surface area contributed by atoms with Crippen LogP contribution in [0.1, 0.15) is 32.9 Å². The molecule has 0 radical (unpaired) electrons. The van der Waals surface area contributed by atoms with Gasteiger partial charge in [-0.15, -0.1) is 0 Å². The van der Waals surface area contributed by atoms with Crippen LogP contribution in [0.25, 0.3) is 16.5 Å². The largest absolute Gasteiger partial charge is 0.497 e. The number of hydrogen-bond acceptors (Lipinski definition) is 5. The summed E-state index contributed by atoms with van der Waals surface area (Å²) in [6, 6.07) is 5.76. The first-order valence-corrected chi connectivity index (χ1v) is 8.33. The second kappa shape index (κ2) is 6.70. The van der Waals surface area contributed by atoms with Gasteiger partial charge in [-0.2, -0.15) is 0 Å². The van der Waals surface area contributed by atoms with Crippen LogP contribution in [-0.4, -0.2) is 46.8 Å². The molecule has 25 heavy (non-hydrogen) atoms. The molecule has 1 aromatic carbocycles. The number of benzene rings is 1. The van der Waals surface area contributed by atoms with Crippen LogP contribution in [0.2, 0.25) is 0 Å². The summed E-state index contributed by atoms with van der Waals surface area (Å²) in [7, 11) is 1.64. The van der Waals surface area contributed by atoms with E-state index in [9.17, 15) is 4.79 Å². The molecule has 0 fully saturated rings.